The lowest BCUT2D eigenvalue weighted by Gasteiger charge is -2.27. The number of nitriles is 1. The van der Waals surface area contributed by atoms with E-state index in [1.807, 2.05) is 61.6 Å². The molecule has 1 unspecified atom stereocenters. The van der Waals surface area contributed by atoms with Crippen LogP contribution in [0.25, 0.3) is 0 Å². The maximum Gasteiger partial charge on any atom is 0.338 e. The first kappa shape index (κ1) is 20.0. The van der Waals surface area contributed by atoms with Crippen molar-refractivity contribution in [1.82, 2.24) is 0 Å². The van der Waals surface area contributed by atoms with Crippen molar-refractivity contribution in [2.45, 2.75) is 19.8 Å². The van der Waals surface area contributed by atoms with Gasteiger partial charge in [0.25, 0.3) is 0 Å². The molecule has 6 heteroatoms. The van der Waals surface area contributed by atoms with E-state index in [1.54, 1.807) is 13.8 Å². The molecule has 0 radical (unpaired) electrons. The molecule has 1 atom stereocenters. The fourth-order valence-electron chi connectivity index (χ4n) is 3.38. The summed E-state index contributed by atoms with van der Waals surface area (Å²) in [4.78, 5) is 14.6. The van der Waals surface area contributed by atoms with E-state index in [9.17, 15) is 10.1 Å². The summed E-state index contributed by atoms with van der Waals surface area (Å²) in [6.45, 7) is 3.61. The van der Waals surface area contributed by atoms with Crippen molar-refractivity contribution in [2.75, 3.05) is 18.6 Å². The van der Waals surface area contributed by atoms with Gasteiger partial charge in [-0.15, -0.1) is 0 Å². The highest BCUT2D eigenvalue weighted by Gasteiger charge is 2.36. The average molecular weight is 389 g/mol. The standard InChI is InChI=1S/C23H23N3O3/c1-4-28-23(27)20-15(2)29-22(25)19(14-24)21(20)16-10-12-18(13-11-16)26(3)17-8-6-5-7-9-17/h5-13,21H,4,25H2,1-3H3. The lowest BCUT2D eigenvalue weighted by molar-refractivity contribution is -0.139. The number of rotatable bonds is 5. The molecule has 0 amide bonds. The van der Waals surface area contributed by atoms with Crippen molar-refractivity contribution in [3.05, 3.63) is 82.9 Å². The summed E-state index contributed by atoms with van der Waals surface area (Å²) >= 11 is 0. The van der Waals surface area contributed by atoms with Crippen LogP contribution in [0.15, 0.2) is 77.4 Å². The summed E-state index contributed by atoms with van der Waals surface area (Å²) in [5.74, 6) is -0.798. The first-order valence-electron chi connectivity index (χ1n) is 9.32. The molecule has 0 aliphatic carbocycles. The lowest BCUT2D eigenvalue weighted by atomic mass is 9.83. The minimum absolute atomic E-state index is 0.00790. The zero-order valence-corrected chi connectivity index (χ0v) is 16.7. The molecule has 2 N–H and O–H groups in total. The highest BCUT2D eigenvalue weighted by atomic mass is 16.5. The Morgan fingerprint density at radius 1 is 1.17 bits per heavy atom. The molecule has 1 aliphatic rings. The second kappa shape index (κ2) is 8.53. The molecule has 148 valence electrons. The second-order valence-electron chi connectivity index (χ2n) is 6.60. The van der Waals surface area contributed by atoms with Gasteiger partial charge >= 0.3 is 5.97 Å². The van der Waals surface area contributed by atoms with E-state index in [0.717, 1.165) is 16.9 Å². The molecule has 29 heavy (non-hydrogen) atoms. The Labute approximate surface area is 170 Å². The molecule has 1 heterocycles. The van der Waals surface area contributed by atoms with Gasteiger partial charge in [0.15, 0.2) is 0 Å². The van der Waals surface area contributed by atoms with Crippen LogP contribution in [0.3, 0.4) is 0 Å². The number of carbonyl (C=O) groups is 1. The predicted octanol–water partition coefficient (Wildman–Crippen LogP) is 4.10. The molecule has 0 aromatic heterocycles. The van der Waals surface area contributed by atoms with Gasteiger partial charge in [0.1, 0.15) is 17.4 Å². The minimum atomic E-state index is -0.635. The maximum absolute atomic E-state index is 12.6. The quantitative estimate of drug-likeness (QED) is 0.775. The van der Waals surface area contributed by atoms with E-state index in [0.29, 0.717) is 11.3 Å². The predicted molar refractivity (Wildman–Crippen MR) is 111 cm³/mol. The van der Waals surface area contributed by atoms with Crippen LogP contribution in [0.4, 0.5) is 11.4 Å². The van der Waals surface area contributed by atoms with Crippen molar-refractivity contribution < 1.29 is 14.3 Å². The van der Waals surface area contributed by atoms with Crippen molar-refractivity contribution in [1.29, 1.82) is 5.26 Å². The van der Waals surface area contributed by atoms with Gasteiger partial charge in [0.05, 0.1) is 18.1 Å². The molecule has 2 aromatic carbocycles. The molecular formula is C23H23N3O3. The van der Waals surface area contributed by atoms with Crippen molar-refractivity contribution in [3.8, 4) is 6.07 Å². The SMILES string of the molecule is CCOC(=O)C1=C(C)OC(N)=C(C#N)C1c1ccc(N(C)c2ccccc2)cc1. The van der Waals surface area contributed by atoms with Crippen LogP contribution < -0.4 is 10.6 Å². The van der Waals surface area contributed by atoms with Gasteiger partial charge in [0, 0.05) is 18.4 Å². The van der Waals surface area contributed by atoms with E-state index in [1.165, 1.54) is 0 Å². The van der Waals surface area contributed by atoms with Crippen molar-refractivity contribution >= 4 is 17.3 Å². The second-order valence-corrected chi connectivity index (χ2v) is 6.60. The molecule has 0 saturated heterocycles. The van der Waals surface area contributed by atoms with E-state index >= 15 is 0 Å². The summed E-state index contributed by atoms with van der Waals surface area (Å²) in [5, 5.41) is 9.65. The van der Waals surface area contributed by atoms with Gasteiger partial charge in [-0.05, 0) is 43.7 Å². The number of ether oxygens (including phenoxy) is 2. The highest BCUT2D eigenvalue weighted by Crippen LogP contribution is 2.40. The first-order valence-corrected chi connectivity index (χ1v) is 9.32. The number of allylic oxidation sites excluding steroid dienone is 2. The van der Waals surface area contributed by atoms with Crippen LogP contribution in [-0.2, 0) is 14.3 Å². The van der Waals surface area contributed by atoms with Gasteiger partial charge in [0.2, 0.25) is 5.88 Å². The number of hydrogen-bond acceptors (Lipinski definition) is 6. The largest absolute Gasteiger partial charge is 0.463 e. The zero-order chi connectivity index (χ0) is 21.0. The number of para-hydroxylation sites is 1. The number of benzene rings is 2. The molecule has 3 rings (SSSR count). The van der Waals surface area contributed by atoms with Crippen LogP contribution in [0.1, 0.15) is 25.3 Å². The van der Waals surface area contributed by atoms with Crippen molar-refractivity contribution in [3.63, 3.8) is 0 Å². The Morgan fingerprint density at radius 3 is 2.38 bits per heavy atom. The van der Waals surface area contributed by atoms with Crippen LogP contribution in [-0.4, -0.2) is 19.6 Å². The fraction of sp³-hybridized carbons (Fsp3) is 0.217. The first-order chi connectivity index (χ1) is 14.0. The third kappa shape index (κ3) is 3.94. The van der Waals surface area contributed by atoms with Gasteiger partial charge in [-0.3, -0.25) is 0 Å². The van der Waals surface area contributed by atoms with E-state index in [4.69, 9.17) is 15.2 Å². The number of carbonyl (C=O) groups excluding carboxylic acids is 1. The Bertz CT molecular complexity index is 1000. The Balaban J connectivity index is 2.00. The van der Waals surface area contributed by atoms with Crippen LogP contribution in [0.5, 0.6) is 0 Å². The molecular weight excluding hydrogens is 366 g/mol. The van der Waals surface area contributed by atoms with Crippen LogP contribution >= 0.6 is 0 Å². The molecule has 1 aliphatic heterocycles. The molecule has 0 fully saturated rings. The van der Waals surface area contributed by atoms with E-state index in [-0.39, 0.29) is 18.1 Å². The molecule has 0 spiro atoms. The van der Waals surface area contributed by atoms with Crippen LogP contribution in [0.2, 0.25) is 0 Å². The summed E-state index contributed by atoms with van der Waals surface area (Å²) in [6.07, 6.45) is 0. The lowest BCUT2D eigenvalue weighted by Crippen LogP contribution is -2.25. The summed E-state index contributed by atoms with van der Waals surface area (Å²) in [7, 11) is 1.98. The summed E-state index contributed by atoms with van der Waals surface area (Å²) in [6, 6.07) is 19.7. The smallest absolute Gasteiger partial charge is 0.338 e. The normalized spacial score (nSPS) is 16.1. The Hall–Kier alpha value is -3.72. The van der Waals surface area contributed by atoms with E-state index < -0.39 is 11.9 Å². The van der Waals surface area contributed by atoms with Crippen LogP contribution in [0, 0.1) is 11.3 Å². The monoisotopic (exact) mass is 389 g/mol. The third-order valence-electron chi connectivity index (χ3n) is 4.86. The number of hydrogen-bond donors (Lipinski definition) is 1. The summed E-state index contributed by atoms with van der Waals surface area (Å²) < 4.78 is 10.6. The molecule has 6 nitrogen and oxygen atoms in total. The maximum atomic E-state index is 12.6. The molecule has 0 saturated carbocycles. The van der Waals surface area contributed by atoms with Gasteiger partial charge < -0.3 is 20.1 Å². The molecule has 2 aromatic rings. The highest BCUT2D eigenvalue weighted by molar-refractivity contribution is 5.92. The van der Waals surface area contributed by atoms with Crippen molar-refractivity contribution in [2.24, 2.45) is 5.73 Å². The number of esters is 1. The van der Waals surface area contributed by atoms with Gasteiger partial charge in [-0.1, -0.05) is 30.3 Å². The number of anilines is 2. The van der Waals surface area contributed by atoms with E-state index in [2.05, 4.69) is 11.0 Å². The zero-order valence-electron chi connectivity index (χ0n) is 16.7. The topological polar surface area (TPSA) is 88.6 Å². The Morgan fingerprint density at radius 2 is 1.79 bits per heavy atom. The van der Waals surface area contributed by atoms with Gasteiger partial charge in [-0.25, -0.2) is 4.79 Å². The van der Waals surface area contributed by atoms with Gasteiger partial charge in [-0.2, -0.15) is 5.26 Å². The Kier molecular flexibility index (Phi) is 5.89. The third-order valence-corrected chi connectivity index (χ3v) is 4.86. The minimum Gasteiger partial charge on any atom is -0.463 e. The number of nitrogens with zero attached hydrogens (tertiary/aromatic N) is 2. The average Bonchev–Trinajstić information content (AvgIpc) is 2.73. The number of nitrogens with two attached hydrogens (primary N) is 1. The fourth-order valence-corrected chi connectivity index (χ4v) is 3.38. The molecule has 0 bridgehead atoms. The summed E-state index contributed by atoms with van der Waals surface area (Å²) in [5.41, 5.74) is 9.22.